The third-order valence-electron chi connectivity index (χ3n) is 3.30. The summed E-state index contributed by atoms with van der Waals surface area (Å²) < 4.78 is 5.44. The second-order valence-corrected chi connectivity index (χ2v) is 5.29. The molecule has 1 unspecified atom stereocenters. The Balaban J connectivity index is 0.00000180. The van der Waals surface area contributed by atoms with E-state index in [2.05, 4.69) is 29.2 Å². The Hall–Kier alpha value is -0.610. The van der Waals surface area contributed by atoms with Crippen molar-refractivity contribution < 1.29 is 9.84 Å². The summed E-state index contributed by atoms with van der Waals surface area (Å²) in [5, 5.41) is 9.93. The molecule has 1 aromatic rings. The molecule has 1 heterocycles. The molecule has 0 aliphatic carbocycles. The van der Waals surface area contributed by atoms with Crippen LogP contribution >= 0.6 is 12.4 Å². The predicted octanol–water partition coefficient (Wildman–Crippen LogP) is 2.25. The van der Waals surface area contributed by atoms with E-state index in [-0.39, 0.29) is 18.5 Å². The molecule has 0 saturated carbocycles. The van der Waals surface area contributed by atoms with Gasteiger partial charge in [-0.05, 0) is 31.4 Å². The lowest BCUT2D eigenvalue weighted by Gasteiger charge is -2.30. The van der Waals surface area contributed by atoms with Crippen molar-refractivity contribution in [1.82, 2.24) is 4.90 Å². The summed E-state index contributed by atoms with van der Waals surface area (Å²) in [4.78, 5) is 2.30. The molecular formula is C15H24ClNO2. The first-order valence-electron chi connectivity index (χ1n) is 6.74. The van der Waals surface area contributed by atoms with Crippen LogP contribution in [0.3, 0.4) is 0 Å². The third kappa shape index (κ3) is 5.11. The number of aliphatic hydroxyl groups excluding tert-OH is 1. The number of fused-ring (bicyclic) bond motifs is 1. The van der Waals surface area contributed by atoms with Crippen LogP contribution in [-0.2, 0) is 17.7 Å². The van der Waals surface area contributed by atoms with Gasteiger partial charge in [0.2, 0.25) is 0 Å². The van der Waals surface area contributed by atoms with Crippen molar-refractivity contribution in [3.63, 3.8) is 0 Å². The number of hydrogen-bond acceptors (Lipinski definition) is 3. The van der Waals surface area contributed by atoms with E-state index >= 15 is 0 Å². The van der Waals surface area contributed by atoms with Gasteiger partial charge in [-0.2, -0.15) is 0 Å². The Kier molecular flexibility index (Phi) is 6.80. The molecule has 0 radical (unpaired) electrons. The zero-order valence-corrected chi connectivity index (χ0v) is 12.5. The van der Waals surface area contributed by atoms with Gasteiger partial charge in [-0.15, -0.1) is 12.4 Å². The maximum Gasteiger partial charge on any atom is 0.0900 e. The van der Waals surface area contributed by atoms with Crippen LogP contribution in [0.5, 0.6) is 0 Å². The van der Waals surface area contributed by atoms with Crippen LogP contribution in [0.15, 0.2) is 24.3 Å². The van der Waals surface area contributed by atoms with Gasteiger partial charge in [-0.3, -0.25) is 4.90 Å². The second kappa shape index (κ2) is 7.85. The fourth-order valence-corrected chi connectivity index (χ4v) is 2.36. The van der Waals surface area contributed by atoms with E-state index in [4.69, 9.17) is 4.74 Å². The summed E-state index contributed by atoms with van der Waals surface area (Å²) in [6, 6.07) is 8.56. The van der Waals surface area contributed by atoms with Gasteiger partial charge in [-0.25, -0.2) is 0 Å². The highest BCUT2D eigenvalue weighted by molar-refractivity contribution is 5.85. The predicted molar refractivity (Wildman–Crippen MR) is 79.8 cm³/mol. The maximum absolute atomic E-state index is 9.93. The van der Waals surface area contributed by atoms with E-state index in [9.17, 15) is 5.11 Å². The molecule has 0 spiro atoms. The Labute approximate surface area is 122 Å². The first-order chi connectivity index (χ1) is 8.65. The van der Waals surface area contributed by atoms with Crippen LogP contribution in [0.25, 0.3) is 0 Å². The standard InChI is InChI=1S/C15H23NO2.ClH/c1-12(2)18-11-15(17)10-16-8-7-13-5-3-4-6-14(13)9-16;/h3-6,12,15,17H,7-11H2,1-2H3;1H. The number of ether oxygens (including phenoxy) is 1. The molecule has 1 aliphatic heterocycles. The molecule has 1 atom stereocenters. The lowest BCUT2D eigenvalue weighted by atomic mass is 10.00. The highest BCUT2D eigenvalue weighted by atomic mass is 35.5. The van der Waals surface area contributed by atoms with Crippen LogP contribution in [0, 0.1) is 0 Å². The minimum Gasteiger partial charge on any atom is -0.389 e. The highest BCUT2D eigenvalue weighted by Crippen LogP contribution is 2.18. The summed E-state index contributed by atoms with van der Waals surface area (Å²) in [6.07, 6.45) is 0.868. The van der Waals surface area contributed by atoms with Crippen LogP contribution in [0.1, 0.15) is 25.0 Å². The summed E-state index contributed by atoms with van der Waals surface area (Å²) in [5.41, 5.74) is 2.84. The lowest BCUT2D eigenvalue weighted by Crippen LogP contribution is -2.38. The Morgan fingerprint density at radius 1 is 1.26 bits per heavy atom. The number of aliphatic hydroxyl groups is 1. The van der Waals surface area contributed by atoms with Crippen molar-refractivity contribution >= 4 is 12.4 Å². The molecule has 0 bridgehead atoms. The maximum atomic E-state index is 9.93. The molecule has 0 aromatic heterocycles. The van der Waals surface area contributed by atoms with E-state index in [0.29, 0.717) is 13.2 Å². The summed E-state index contributed by atoms with van der Waals surface area (Å²) >= 11 is 0. The summed E-state index contributed by atoms with van der Waals surface area (Å²) in [5.74, 6) is 0. The molecule has 0 fully saturated rings. The molecule has 1 aromatic carbocycles. The van der Waals surface area contributed by atoms with Crippen molar-refractivity contribution in [3.8, 4) is 0 Å². The monoisotopic (exact) mass is 285 g/mol. The van der Waals surface area contributed by atoms with Gasteiger partial charge in [0, 0.05) is 19.6 Å². The fraction of sp³-hybridized carbons (Fsp3) is 0.600. The molecule has 0 saturated heterocycles. The Morgan fingerprint density at radius 2 is 1.95 bits per heavy atom. The van der Waals surface area contributed by atoms with Gasteiger partial charge < -0.3 is 9.84 Å². The molecule has 1 aliphatic rings. The van der Waals surface area contributed by atoms with Gasteiger partial charge in [0.25, 0.3) is 0 Å². The smallest absolute Gasteiger partial charge is 0.0900 e. The van der Waals surface area contributed by atoms with Crippen molar-refractivity contribution in [2.24, 2.45) is 0 Å². The molecule has 1 N–H and O–H groups in total. The van der Waals surface area contributed by atoms with Crippen molar-refractivity contribution in [1.29, 1.82) is 0 Å². The molecule has 19 heavy (non-hydrogen) atoms. The van der Waals surface area contributed by atoms with E-state index in [0.717, 1.165) is 19.5 Å². The normalized spacial score (nSPS) is 16.8. The highest BCUT2D eigenvalue weighted by Gasteiger charge is 2.18. The van der Waals surface area contributed by atoms with Crippen molar-refractivity contribution in [2.75, 3.05) is 19.7 Å². The second-order valence-electron chi connectivity index (χ2n) is 5.29. The minimum atomic E-state index is -0.391. The molecule has 3 nitrogen and oxygen atoms in total. The SMILES string of the molecule is CC(C)OCC(O)CN1CCc2ccccc2C1.Cl. The topological polar surface area (TPSA) is 32.7 Å². The molecular weight excluding hydrogens is 262 g/mol. The van der Waals surface area contributed by atoms with E-state index < -0.39 is 6.10 Å². The van der Waals surface area contributed by atoms with Gasteiger partial charge >= 0.3 is 0 Å². The number of nitrogens with zero attached hydrogens (tertiary/aromatic N) is 1. The fourth-order valence-electron chi connectivity index (χ4n) is 2.36. The molecule has 108 valence electrons. The zero-order valence-electron chi connectivity index (χ0n) is 11.7. The number of rotatable bonds is 5. The van der Waals surface area contributed by atoms with E-state index in [1.54, 1.807) is 0 Å². The first kappa shape index (κ1) is 16.4. The number of halogens is 1. The van der Waals surface area contributed by atoms with Crippen molar-refractivity contribution in [2.45, 2.75) is 39.0 Å². The van der Waals surface area contributed by atoms with Crippen LogP contribution in [0.2, 0.25) is 0 Å². The number of benzene rings is 1. The first-order valence-corrected chi connectivity index (χ1v) is 6.74. The molecule has 2 rings (SSSR count). The lowest BCUT2D eigenvalue weighted by molar-refractivity contribution is -0.0101. The van der Waals surface area contributed by atoms with Gasteiger partial charge in [0.15, 0.2) is 0 Å². The Bertz CT molecular complexity index is 384. The number of hydrogen-bond donors (Lipinski definition) is 1. The quantitative estimate of drug-likeness (QED) is 0.901. The van der Waals surface area contributed by atoms with Gasteiger partial charge in [-0.1, -0.05) is 24.3 Å². The van der Waals surface area contributed by atoms with Gasteiger partial charge in [0.1, 0.15) is 0 Å². The largest absolute Gasteiger partial charge is 0.389 e. The van der Waals surface area contributed by atoms with E-state index in [1.165, 1.54) is 11.1 Å². The van der Waals surface area contributed by atoms with Gasteiger partial charge in [0.05, 0.1) is 18.8 Å². The summed E-state index contributed by atoms with van der Waals surface area (Å²) in [6.45, 7) is 7.06. The summed E-state index contributed by atoms with van der Waals surface area (Å²) in [7, 11) is 0. The average molecular weight is 286 g/mol. The third-order valence-corrected chi connectivity index (χ3v) is 3.30. The molecule has 4 heteroatoms. The van der Waals surface area contributed by atoms with Crippen LogP contribution in [0.4, 0.5) is 0 Å². The van der Waals surface area contributed by atoms with Crippen molar-refractivity contribution in [3.05, 3.63) is 35.4 Å². The van der Waals surface area contributed by atoms with E-state index in [1.807, 2.05) is 13.8 Å². The minimum absolute atomic E-state index is 0. The molecule has 0 amide bonds. The zero-order chi connectivity index (χ0) is 13.0. The number of β-amino-alcohol motifs (C(OH)–C–C–N with tert-alkyl or cyclic N) is 1. The average Bonchev–Trinajstić information content (AvgIpc) is 2.36. The van der Waals surface area contributed by atoms with Crippen LogP contribution in [-0.4, -0.2) is 41.9 Å². The van der Waals surface area contributed by atoms with Crippen LogP contribution < -0.4 is 0 Å². The Morgan fingerprint density at radius 3 is 2.63 bits per heavy atom.